The number of nitriles is 1. The first-order chi connectivity index (χ1) is 12.8. The first-order valence-corrected chi connectivity index (χ1v) is 7.93. The maximum atomic E-state index is 12.3. The fourth-order valence-electron chi connectivity index (χ4n) is 2.22. The number of rotatable bonds is 6. The number of hydrogen-bond donors (Lipinski definition) is 2. The van der Waals surface area contributed by atoms with Crippen LogP contribution in [0.15, 0.2) is 48.2 Å². The number of carbonyl (C=O) groups excluding carboxylic acids is 1. The molecule has 0 bridgehead atoms. The largest absolute Gasteiger partial charge is 0.494 e. The van der Waals surface area contributed by atoms with E-state index < -0.39 is 10.8 Å². The summed E-state index contributed by atoms with van der Waals surface area (Å²) in [6, 6.07) is 11.3. The molecule has 0 saturated heterocycles. The SMILES string of the molecule is COc1cc([N+](=O)[O-])ccc1NC(=O)/C(C#N)=C\Nc1ccc(C)c(C)c1. The number of non-ortho nitro benzene ring substituents is 1. The summed E-state index contributed by atoms with van der Waals surface area (Å²) in [4.78, 5) is 22.6. The standard InChI is InChI=1S/C19H18N4O4/c1-12-4-5-15(8-13(12)2)21-11-14(10-20)19(24)22-17-7-6-16(23(25)26)9-18(17)27-3/h4-9,11,21H,1-3H3,(H,22,24)/b14-11-. The highest BCUT2D eigenvalue weighted by Gasteiger charge is 2.15. The van der Waals surface area contributed by atoms with Gasteiger partial charge in [0.05, 0.1) is 23.8 Å². The minimum Gasteiger partial charge on any atom is -0.494 e. The van der Waals surface area contributed by atoms with Crippen molar-refractivity contribution in [1.82, 2.24) is 0 Å². The predicted octanol–water partition coefficient (Wildman–Crippen LogP) is 3.68. The number of benzene rings is 2. The summed E-state index contributed by atoms with van der Waals surface area (Å²) in [5, 5.41) is 25.5. The summed E-state index contributed by atoms with van der Waals surface area (Å²) in [6.45, 7) is 3.95. The Balaban J connectivity index is 2.18. The molecule has 8 heteroatoms. The first kappa shape index (κ1) is 19.5. The number of aryl methyl sites for hydroxylation is 2. The van der Waals surface area contributed by atoms with E-state index in [9.17, 15) is 20.2 Å². The lowest BCUT2D eigenvalue weighted by atomic mass is 10.1. The lowest BCUT2D eigenvalue weighted by Crippen LogP contribution is -2.15. The molecular formula is C19H18N4O4. The quantitative estimate of drug-likeness (QED) is 0.348. The number of carbonyl (C=O) groups is 1. The third-order valence-electron chi connectivity index (χ3n) is 3.90. The molecule has 8 nitrogen and oxygen atoms in total. The van der Waals surface area contributed by atoms with Crippen LogP contribution in [-0.2, 0) is 4.79 Å². The van der Waals surface area contributed by atoms with Crippen LogP contribution in [0.5, 0.6) is 5.75 Å². The lowest BCUT2D eigenvalue weighted by Gasteiger charge is -2.10. The molecule has 0 aliphatic rings. The van der Waals surface area contributed by atoms with Crippen LogP contribution >= 0.6 is 0 Å². The van der Waals surface area contributed by atoms with Crippen molar-refractivity contribution in [2.45, 2.75) is 13.8 Å². The predicted molar refractivity (Wildman–Crippen MR) is 102 cm³/mol. The van der Waals surface area contributed by atoms with Gasteiger partial charge in [0.2, 0.25) is 0 Å². The number of nitro groups is 1. The molecule has 0 saturated carbocycles. The van der Waals surface area contributed by atoms with Crippen LogP contribution in [-0.4, -0.2) is 17.9 Å². The molecule has 0 radical (unpaired) electrons. The molecule has 2 rings (SSSR count). The van der Waals surface area contributed by atoms with Crippen molar-refractivity contribution in [3.05, 3.63) is 69.4 Å². The van der Waals surface area contributed by atoms with Crippen molar-refractivity contribution >= 4 is 23.0 Å². The average molecular weight is 366 g/mol. The number of nitrogens with one attached hydrogen (secondary N) is 2. The Morgan fingerprint density at radius 2 is 1.96 bits per heavy atom. The molecule has 0 spiro atoms. The normalized spacial score (nSPS) is 10.7. The topological polar surface area (TPSA) is 117 Å². The van der Waals surface area contributed by atoms with E-state index in [1.807, 2.05) is 38.1 Å². The van der Waals surface area contributed by atoms with Gasteiger partial charge in [-0.3, -0.25) is 14.9 Å². The van der Waals surface area contributed by atoms with Gasteiger partial charge < -0.3 is 15.4 Å². The summed E-state index contributed by atoms with van der Waals surface area (Å²) in [6.07, 6.45) is 1.30. The molecule has 2 aromatic carbocycles. The van der Waals surface area contributed by atoms with Crippen molar-refractivity contribution in [3.63, 3.8) is 0 Å². The monoisotopic (exact) mass is 366 g/mol. The number of nitro benzene ring substituents is 1. The van der Waals surface area contributed by atoms with Crippen molar-refractivity contribution < 1.29 is 14.5 Å². The van der Waals surface area contributed by atoms with Gasteiger partial charge in [0.25, 0.3) is 11.6 Å². The minimum atomic E-state index is -0.666. The number of ether oxygens (including phenoxy) is 1. The van der Waals surface area contributed by atoms with Crippen LogP contribution in [0.4, 0.5) is 17.1 Å². The fourth-order valence-corrected chi connectivity index (χ4v) is 2.22. The van der Waals surface area contributed by atoms with Crippen LogP contribution in [0.2, 0.25) is 0 Å². The van der Waals surface area contributed by atoms with Crippen molar-refractivity contribution in [3.8, 4) is 11.8 Å². The van der Waals surface area contributed by atoms with E-state index in [-0.39, 0.29) is 22.7 Å². The molecule has 2 N–H and O–H groups in total. The Morgan fingerprint density at radius 3 is 2.56 bits per heavy atom. The molecule has 27 heavy (non-hydrogen) atoms. The highest BCUT2D eigenvalue weighted by atomic mass is 16.6. The smallest absolute Gasteiger partial charge is 0.273 e. The van der Waals surface area contributed by atoms with Crippen LogP contribution in [0, 0.1) is 35.3 Å². The Hall–Kier alpha value is -3.86. The van der Waals surface area contributed by atoms with Gasteiger partial charge >= 0.3 is 0 Å². The summed E-state index contributed by atoms with van der Waals surface area (Å²) in [5.74, 6) is -0.544. The molecule has 0 unspecified atom stereocenters. The molecule has 1 amide bonds. The van der Waals surface area contributed by atoms with Gasteiger partial charge in [0.1, 0.15) is 17.4 Å². The summed E-state index contributed by atoms with van der Waals surface area (Å²) in [5.41, 5.74) is 2.85. The number of anilines is 2. The lowest BCUT2D eigenvalue weighted by molar-refractivity contribution is -0.384. The third-order valence-corrected chi connectivity index (χ3v) is 3.90. The van der Waals surface area contributed by atoms with Crippen LogP contribution < -0.4 is 15.4 Å². The number of hydrogen-bond acceptors (Lipinski definition) is 6. The number of amides is 1. The zero-order chi connectivity index (χ0) is 20.0. The van der Waals surface area contributed by atoms with Crippen molar-refractivity contribution in [2.75, 3.05) is 17.7 Å². The van der Waals surface area contributed by atoms with E-state index >= 15 is 0 Å². The zero-order valence-corrected chi connectivity index (χ0v) is 15.1. The molecule has 138 valence electrons. The van der Waals surface area contributed by atoms with Crippen LogP contribution in [0.1, 0.15) is 11.1 Å². The summed E-state index contributed by atoms with van der Waals surface area (Å²) in [7, 11) is 1.33. The Morgan fingerprint density at radius 1 is 1.22 bits per heavy atom. The summed E-state index contributed by atoms with van der Waals surface area (Å²) >= 11 is 0. The maximum absolute atomic E-state index is 12.3. The van der Waals surface area contributed by atoms with E-state index in [2.05, 4.69) is 10.6 Å². The molecule has 0 aromatic heterocycles. The van der Waals surface area contributed by atoms with Gasteiger partial charge in [-0.1, -0.05) is 6.07 Å². The number of methoxy groups -OCH3 is 1. The van der Waals surface area contributed by atoms with Crippen LogP contribution in [0.25, 0.3) is 0 Å². The molecule has 0 aliphatic carbocycles. The second kappa shape index (κ2) is 8.49. The Labute approximate surface area is 156 Å². The minimum absolute atomic E-state index is 0.122. The average Bonchev–Trinajstić information content (AvgIpc) is 2.65. The van der Waals surface area contributed by atoms with Gasteiger partial charge in [0.15, 0.2) is 0 Å². The molecule has 2 aromatic rings. The van der Waals surface area contributed by atoms with Gasteiger partial charge in [-0.2, -0.15) is 5.26 Å². The number of nitrogens with zero attached hydrogens (tertiary/aromatic N) is 2. The second-order valence-electron chi connectivity index (χ2n) is 5.71. The van der Waals surface area contributed by atoms with E-state index in [1.165, 1.54) is 31.5 Å². The van der Waals surface area contributed by atoms with E-state index in [0.29, 0.717) is 0 Å². The molecule has 0 atom stereocenters. The highest BCUT2D eigenvalue weighted by molar-refractivity contribution is 6.07. The zero-order valence-electron chi connectivity index (χ0n) is 15.1. The second-order valence-corrected chi connectivity index (χ2v) is 5.71. The molecular weight excluding hydrogens is 348 g/mol. The van der Waals surface area contributed by atoms with Gasteiger partial charge in [-0.25, -0.2) is 0 Å². The van der Waals surface area contributed by atoms with Crippen molar-refractivity contribution in [2.24, 2.45) is 0 Å². The summed E-state index contributed by atoms with van der Waals surface area (Å²) < 4.78 is 5.07. The van der Waals surface area contributed by atoms with Crippen LogP contribution in [0.3, 0.4) is 0 Å². The Bertz CT molecular complexity index is 961. The van der Waals surface area contributed by atoms with Crippen molar-refractivity contribution in [1.29, 1.82) is 5.26 Å². The molecule has 0 heterocycles. The van der Waals surface area contributed by atoms with E-state index in [0.717, 1.165) is 16.8 Å². The Kier molecular flexibility index (Phi) is 6.12. The van der Waals surface area contributed by atoms with Gasteiger partial charge in [0, 0.05) is 18.0 Å². The highest BCUT2D eigenvalue weighted by Crippen LogP contribution is 2.29. The van der Waals surface area contributed by atoms with E-state index in [1.54, 1.807) is 0 Å². The third kappa shape index (κ3) is 4.83. The fraction of sp³-hybridized carbons (Fsp3) is 0.158. The maximum Gasteiger partial charge on any atom is 0.273 e. The van der Waals surface area contributed by atoms with Gasteiger partial charge in [-0.15, -0.1) is 0 Å². The molecule has 0 aliphatic heterocycles. The molecule has 0 fully saturated rings. The first-order valence-electron chi connectivity index (χ1n) is 7.93. The van der Waals surface area contributed by atoms with Gasteiger partial charge in [-0.05, 0) is 43.2 Å². The van der Waals surface area contributed by atoms with E-state index in [4.69, 9.17) is 4.74 Å².